The molecule has 0 saturated carbocycles. The molecule has 25 heavy (non-hydrogen) atoms. The van der Waals surface area contributed by atoms with E-state index in [0.29, 0.717) is 26.6 Å². The Bertz CT molecular complexity index is 1090. The Balaban J connectivity index is 2.44. The molecule has 0 saturated heterocycles. The first kappa shape index (κ1) is 17.1. The maximum atomic E-state index is 13.0. The van der Waals surface area contributed by atoms with Gasteiger partial charge in [-0.15, -0.1) is 11.3 Å². The van der Waals surface area contributed by atoms with E-state index in [9.17, 15) is 19.5 Å². The van der Waals surface area contributed by atoms with E-state index in [2.05, 4.69) is 0 Å². The van der Waals surface area contributed by atoms with Crippen LogP contribution in [0.1, 0.15) is 22.3 Å². The van der Waals surface area contributed by atoms with Crippen LogP contribution in [0.5, 0.6) is 0 Å². The van der Waals surface area contributed by atoms with Gasteiger partial charge in [0.1, 0.15) is 0 Å². The van der Waals surface area contributed by atoms with Gasteiger partial charge in [-0.1, -0.05) is 17.7 Å². The van der Waals surface area contributed by atoms with Crippen LogP contribution in [0.3, 0.4) is 0 Å². The Morgan fingerprint density at radius 1 is 0.920 bits per heavy atom. The van der Waals surface area contributed by atoms with Crippen molar-refractivity contribution in [2.45, 2.75) is 26.7 Å². The summed E-state index contributed by atoms with van der Waals surface area (Å²) in [7, 11) is 0. The number of hydrogen-bond acceptors (Lipinski definition) is 4. The van der Waals surface area contributed by atoms with Crippen molar-refractivity contribution in [2.75, 3.05) is 0 Å². The molecule has 1 heterocycles. The van der Waals surface area contributed by atoms with Crippen LogP contribution < -0.4 is 5.43 Å². The average Bonchev–Trinajstić information content (AvgIpc) is 2.48. The molecule has 2 aromatic carbocycles. The van der Waals surface area contributed by atoms with E-state index >= 15 is 0 Å². The monoisotopic (exact) mass is 356 g/mol. The molecular weight excluding hydrogens is 340 g/mol. The van der Waals surface area contributed by atoms with E-state index in [-0.39, 0.29) is 18.3 Å². The van der Waals surface area contributed by atoms with E-state index < -0.39 is 11.9 Å². The third kappa shape index (κ3) is 3.25. The fourth-order valence-corrected chi connectivity index (χ4v) is 4.33. The van der Waals surface area contributed by atoms with Crippen LogP contribution in [0.2, 0.25) is 0 Å². The number of aliphatic carboxylic acids is 2. The van der Waals surface area contributed by atoms with Crippen LogP contribution in [0.25, 0.3) is 20.2 Å². The Morgan fingerprint density at radius 2 is 1.56 bits per heavy atom. The molecule has 0 atom stereocenters. The van der Waals surface area contributed by atoms with E-state index in [1.54, 1.807) is 12.1 Å². The van der Waals surface area contributed by atoms with Crippen LogP contribution in [-0.4, -0.2) is 22.2 Å². The maximum absolute atomic E-state index is 13.0. The number of rotatable bonds is 4. The predicted molar refractivity (Wildman–Crippen MR) is 97.8 cm³/mol. The third-order valence-corrected chi connectivity index (χ3v) is 5.47. The highest BCUT2D eigenvalue weighted by Crippen LogP contribution is 2.31. The maximum Gasteiger partial charge on any atom is 0.307 e. The van der Waals surface area contributed by atoms with Gasteiger partial charge in [-0.05, 0) is 42.7 Å². The number of hydrogen-bond donors (Lipinski definition) is 2. The Kier molecular flexibility index (Phi) is 4.30. The average molecular weight is 356 g/mol. The minimum Gasteiger partial charge on any atom is -0.481 e. The molecule has 0 aliphatic heterocycles. The van der Waals surface area contributed by atoms with Gasteiger partial charge >= 0.3 is 11.9 Å². The first-order chi connectivity index (χ1) is 11.8. The van der Waals surface area contributed by atoms with Crippen molar-refractivity contribution in [3.8, 4) is 0 Å². The summed E-state index contributed by atoms with van der Waals surface area (Å²) in [6.45, 7) is 3.84. The zero-order valence-electron chi connectivity index (χ0n) is 13.8. The van der Waals surface area contributed by atoms with Crippen molar-refractivity contribution in [2.24, 2.45) is 0 Å². The lowest BCUT2D eigenvalue weighted by atomic mass is 10.0. The summed E-state index contributed by atoms with van der Waals surface area (Å²) in [6.07, 6.45) is -0.506. The second kappa shape index (κ2) is 6.29. The largest absolute Gasteiger partial charge is 0.481 e. The molecule has 5 nitrogen and oxygen atoms in total. The van der Waals surface area contributed by atoms with Crippen molar-refractivity contribution >= 4 is 43.4 Å². The molecule has 0 bridgehead atoms. The number of carboxylic acids is 2. The van der Waals surface area contributed by atoms with Crippen LogP contribution in [-0.2, 0) is 22.4 Å². The number of benzene rings is 2. The normalized spacial score (nSPS) is 11.1. The van der Waals surface area contributed by atoms with Crippen LogP contribution >= 0.6 is 11.3 Å². The van der Waals surface area contributed by atoms with E-state index in [1.165, 1.54) is 11.3 Å². The van der Waals surface area contributed by atoms with Gasteiger partial charge in [0.25, 0.3) is 0 Å². The first-order valence-electron chi connectivity index (χ1n) is 7.69. The van der Waals surface area contributed by atoms with E-state index in [1.807, 2.05) is 26.0 Å². The fourth-order valence-electron chi connectivity index (χ4n) is 3.12. The molecule has 0 radical (unpaired) electrons. The highest BCUT2D eigenvalue weighted by Gasteiger charge is 2.15. The van der Waals surface area contributed by atoms with Gasteiger partial charge < -0.3 is 10.2 Å². The fraction of sp³-hybridized carbons (Fsp3) is 0.211. The minimum absolute atomic E-state index is 0.186. The first-order valence-corrected chi connectivity index (χ1v) is 8.51. The molecule has 128 valence electrons. The van der Waals surface area contributed by atoms with Gasteiger partial charge in [0.2, 0.25) is 0 Å². The SMILES string of the molecule is Cc1cc(C)c2sc3c(CC(=O)O)cc(CC(=O)O)cc3c(=O)c2c1. The molecule has 1 aromatic heterocycles. The van der Waals surface area contributed by atoms with Crippen LogP contribution in [0.15, 0.2) is 29.1 Å². The topological polar surface area (TPSA) is 91.7 Å². The third-order valence-electron chi connectivity index (χ3n) is 4.04. The molecule has 0 amide bonds. The summed E-state index contributed by atoms with van der Waals surface area (Å²) in [5.41, 5.74) is 2.67. The molecular formula is C19H16O5S. The number of aryl methyl sites for hydroxylation is 2. The standard InChI is InChI=1S/C19H16O5S/c1-9-3-10(2)18-13(4-9)17(24)14-6-11(7-15(20)21)5-12(8-16(22)23)19(14)25-18/h3-6H,7-8H2,1-2H3,(H,20,21)(H,22,23). The van der Waals surface area contributed by atoms with Crippen LogP contribution in [0, 0.1) is 13.8 Å². The highest BCUT2D eigenvalue weighted by molar-refractivity contribution is 7.24. The lowest BCUT2D eigenvalue weighted by molar-refractivity contribution is -0.137. The van der Waals surface area contributed by atoms with Crippen molar-refractivity contribution in [1.82, 2.24) is 0 Å². The number of carbonyl (C=O) groups is 2. The number of carboxylic acid groups (broad SMARTS) is 2. The molecule has 3 rings (SSSR count). The summed E-state index contributed by atoms with van der Waals surface area (Å²) in [4.78, 5) is 35.2. The molecule has 6 heteroatoms. The predicted octanol–water partition coefficient (Wildman–Crippen LogP) is 3.29. The molecule has 0 unspecified atom stereocenters. The van der Waals surface area contributed by atoms with Gasteiger partial charge in [-0.3, -0.25) is 14.4 Å². The van der Waals surface area contributed by atoms with Gasteiger partial charge in [0.05, 0.1) is 12.8 Å². The smallest absolute Gasteiger partial charge is 0.307 e. The highest BCUT2D eigenvalue weighted by atomic mass is 32.1. The molecule has 0 aliphatic rings. The Hall–Kier alpha value is -2.73. The quantitative estimate of drug-likeness (QED) is 0.700. The summed E-state index contributed by atoms with van der Waals surface area (Å²) >= 11 is 1.39. The zero-order chi connectivity index (χ0) is 18.3. The van der Waals surface area contributed by atoms with E-state index in [4.69, 9.17) is 5.11 Å². The lowest BCUT2D eigenvalue weighted by Gasteiger charge is -2.10. The van der Waals surface area contributed by atoms with Crippen molar-refractivity contribution in [3.05, 3.63) is 56.7 Å². The Morgan fingerprint density at radius 3 is 2.20 bits per heavy atom. The van der Waals surface area contributed by atoms with E-state index in [0.717, 1.165) is 15.8 Å². The summed E-state index contributed by atoms with van der Waals surface area (Å²) < 4.78 is 1.45. The second-order valence-corrected chi connectivity index (χ2v) is 7.18. The Labute approximate surface area is 147 Å². The molecule has 0 fully saturated rings. The zero-order valence-corrected chi connectivity index (χ0v) is 14.6. The summed E-state index contributed by atoms with van der Waals surface area (Å²) in [6, 6.07) is 6.96. The molecule has 0 spiro atoms. The molecule has 2 N–H and O–H groups in total. The van der Waals surface area contributed by atoms with Gasteiger partial charge in [-0.2, -0.15) is 0 Å². The second-order valence-electron chi connectivity index (χ2n) is 6.16. The van der Waals surface area contributed by atoms with Crippen molar-refractivity contribution in [3.63, 3.8) is 0 Å². The lowest BCUT2D eigenvalue weighted by Crippen LogP contribution is -2.09. The van der Waals surface area contributed by atoms with Gasteiger partial charge in [0.15, 0.2) is 5.43 Å². The summed E-state index contributed by atoms with van der Waals surface area (Å²) in [5, 5.41) is 19.2. The summed E-state index contributed by atoms with van der Waals surface area (Å²) in [5.74, 6) is -2.04. The molecule has 0 aliphatic carbocycles. The van der Waals surface area contributed by atoms with Crippen molar-refractivity contribution < 1.29 is 19.8 Å². The van der Waals surface area contributed by atoms with Crippen LogP contribution in [0.4, 0.5) is 0 Å². The molecule has 3 aromatic rings. The van der Waals surface area contributed by atoms with Gasteiger partial charge in [0, 0.05) is 20.2 Å². The minimum atomic E-state index is -1.02. The number of fused-ring (bicyclic) bond motifs is 2. The van der Waals surface area contributed by atoms with Crippen molar-refractivity contribution in [1.29, 1.82) is 0 Å². The van der Waals surface area contributed by atoms with Gasteiger partial charge in [-0.25, -0.2) is 0 Å².